The van der Waals surface area contributed by atoms with Crippen molar-refractivity contribution in [3.05, 3.63) is 40.1 Å². The fourth-order valence-electron chi connectivity index (χ4n) is 1.41. The van der Waals surface area contributed by atoms with E-state index in [2.05, 4.69) is 46.9 Å². The predicted octanol–water partition coefficient (Wildman–Crippen LogP) is 3.61. The first-order valence-electron chi connectivity index (χ1n) is 4.20. The summed E-state index contributed by atoms with van der Waals surface area (Å²) >= 11 is 3.44. The third-order valence-corrected chi connectivity index (χ3v) is 2.96. The predicted molar refractivity (Wildman–Crippen MR) is 58.9 cm³/mol. The minimum Gasteiger partial charge on any atom is -0.249 e. The highest BCUT2D eigenvalue weighted by Crippen LogP contribution is 2.24. The van der Waals surface area contributed by atoms with Crippen molar-refractivity contribution in [2.45, 2.75) is 13.8 Å². The number of pyridine rings is 1. The molecule has 66 valence electrons. The topological polar surface area (TPSA) is 12.9 Å². The average molecular weight is 236 g/mol. The number of nitrogens with zero attached hydrogens (tertiary/aromatic N) is 1. The number of benzene rings is 1. The van der Waals surface area contributed by atoms with Gasteiger partial charge >= 0.3 is 0 Å². The molecule has 0 amide bonds. The van der Waals surface area contributed by atoms with Gasteiger partial charge in [-0.3, -0.25) is 0 Å². The Balaban J connectivity index is 2.89. The molecule has 2 rings (SSSR count). The van der Waals surface area contributed by atoms with E-state index in [0.29, 0.717) is 0 Å². The van der Waals surface area contributed by atoms with Crippen molar-refractivity contribution in [1.29, 1.82) is 0 Å². The van der Waals surface area contributed by atoms with Crippen molar-refractivity contribution in [3.8, 4) is 0 Å². The standard InChI is InChI=1S/C11H10BrN/c1-7-5-9-3-4-13-11(12)10(9)6-8(7)2/h3-6H,1-2H3. The van der Waals surface area contributed by atoms with Crippen LogP contribution in [0.3, 0.4) is 0 Å². The molecule has 0 unspecified atom stereocenters. The van der Waals surface area contributed by atoms with Crippen molar-refractivity contribution in [2.24, 2.45) is 0 Å². The number of fused-ring (bicyclic) bond motifs is 1. The fourth-order valence-corrected chi connectivity index (χ4v) is 1.87. The Kier molecular flexibility index (Phi) is 2.08. The van der Waals surface area contributed by atoms with Gasteiger partial charge in [-0.15, -0.1) is 0 Å². The van der Waals surface area contributed by atoms with Gasteiger partial charge in [-0.25, -0.2) is 4.98 Å². The van der Waals surface area contributed by atoms with Crippen molar-refractivity contribution in [3.63, 3.8) is 0 Å². The van der Waals surface area contributed by atoms with Gasteiger partial charge in [0, 0.05) is 11.6 Å². The number of aromatic nitrogens is 1. The lowest BCUT2D eigenvalue weighted by Crippen LogP contribution is -1.84. The van der Waals surface area contributed by atoms with Gasteiger partial charge in [0.1, 0.15) is 4.60 Å². The van der Waals surface area contributed by atoms with Gasteiger partial charge < -0.3 is 0 Å². The van der Waals surface area contributed by atoms with Gasteiger partial charge in [-0.1, -0.05) is 6.07 Å². The van der Waals surface area contributed by atoms with E-state index in [1.807, 2.05) is 12.3 Å². The van der Waals surface area contributed by atoms with Crippen LogP contribution in [0.5, 0.6) is 0 Å². The second-order valence-corrected chi connectivity index (χ2v) is 4.01. The molecule has 0 bridgehead atoms. The van der Waals surface area contributed by atoms with E-state index in [4.69, 9.17) is 0 Å². The molecule has 1 heterocycles. The Morgan fingerprint density at radius 2 is 1.85 bits per heavy atom. The summed E-state index contributed by atoms with van der Waals surface area (Å²) < 4.78 is 0.924. The molecular formula is C11H10BrN. The maximum atomic E-state index is 4.19. The molecule has 0 fully saturated rings. The Morgan fingerprint density at radius 1 is 1.15 bits per heavy atom. The first kappa shape index (κ1) is 8.70. The average Bonchev–Trinajstić information content (AvgIpc) is 2.09. The maximum Gasteiger partial charge on any atom is 0.113 e. The van der Waals surface area contributed by atoms with Crippen LogP contribution in [-0.4, -0.2) is 4.98 Å². The SMILES string of the molecule is Cc1cc2ccnc(Br)c2cc1C. The molecule has 2 aromatic rings. The summed E-state index contributed by atoms with van der Waals surface area (Å²) in [6, 6.07) is 6.39. The van der Waals surface area contributed by atoms with E-state index in [9.17, 15) is 0 Å². The van der Waals surface area contributed by atoms with Crippen LogP contribution in [0.4, 0.5) is 0 Å². The van der Waals surface area contributed by atoms with Gasteiger partial charge in [0.2, 0.25) is 0 Å². The molecule has 0 aliphatic carbocycles. The molecule has 1 aromatic carbocycles. The summed E-state index contributed by atoms with van der Waals surface area (Å²) in [4.78, 5) is 4.19. The number of aryl methyl sites for hydroxylation is 2. The lowest BCUT2D eigenvalue weighted by atomic mass is 10.0. The second-order valence-electron chi connectivity index (χ2n) is 3.26. The van der Waals surface area contributed by atoms with Crippen LogP contribution in [0.1, 0.15) is 11.1 Å². The summed E-state index contributed by atoms with van der Waals surface area (Å²) in [6.45, 7) is 4.25. The van der Waals surface area contributed by atoms with E-state index in [1.54, 1.807) is 0 Å². The minimum atomic E-state index is 0.924. The smallest absolute Gasteiger partial charge is 0.113 e. The molecule has 2 heteroatoms. The molecular weight excluding hydrogens is 226 g/mol. The highest BCUT2D eigenvalue weighted by Gasteiger charge is 2.01. The molecule has 0 saturated heterocycles. The molecule has 0 spiro atoms. The number of hydrogen-bond donors (Lipinski definition) is 0. The second kappa shape index (κ2) is 3.11. The zero-order valence-corrected chi connectivity index (χ0v) is 9.22. The summed E-state index contributed by atoms with van der Waals surface area (Å²) in [5.74, 6) is 0. The third-order valence-electron chi connectivity index (χ3n) is 2.33. The van der Waals surface area contributed by atoms with E-state index < -0.39 is 0 Å². The molecule has 0 saturated carbocycles. The minimum absolute atomic E-state index is 0.924. The van der Waals surface area contributed by atoms with Crippen molar-refractivity contribution < 1.29 is 0 Å². The van der Waals surface area contributed by atoms with Gasteiger partial charge in [-0.2, -0.15) is 0 Å². The van der Waals surface area contributed by atoms with Gasteiger partial charge in [-0.05, 0) is 58.4 Å². The number of rotatable bonds is 0. The summed E-state index contributed by atoms with van der Waals surface area (Å²) in [5.41, 5.74) is 2.63. The van der Waals surface area contributed by atoms with Crippen LogP contribution in [0.2, 0.25) is 0 Å². The van der Waals surface area contributed by atoms with Crippen LogP contribution in [-0.2, 0) is 0 Å². The molecule has 0 aliphatic heterocycles. The van der Waals surface area contributed by atoms with Crippen LogP contribution in [0.15, 0.2) is 29.0 Å². The van der Waals surface area contributed by atoms with Crippen molar-refractivity contribution >= 4 is 26.7 Å². The Labute approximate surface area is 85.9 Å². The van der Waals surface area contributed by atoms with E-state index in [1.165, 1.54) is 21.9 Å². The first-order chi connectivity index (χ1) is 6.18. The molecule has 13 heavy (non-hydrogen) atoms. The fraction of sp³-hybridized carbons (Fsp3) is 0.182. The molecule has 1 aromatic heterocycles. The molecule has 0 radical (unpaired) electrons. The highest BCUT2D eigenvalue weighted by molar-refractivity contribution is 9.10. The van der Waals surface area contributed by atoms with Crippen LogP contribution < -0.4 is 0 Å². The van der Waals surface area contributed by atoms with Crippen LogP contribution in [0.25, 0.3) is 10.8 Å². The summed E-state index contributed by atoms with van der Waals surface area (Å²) in [6.07, 6.45) is 1.82. The van der Waals surface area contributed by atoms with E-state index in [0.717, 1.165) is 4.60 Å². The largest absolute Gasteiger partial charge is 0.249 e. The van der Waals surface area contributed by atoms with Crippen molar-refractivity contribution in [2.75, 3.05) is 0 Å². The van der Waals surface area contributed by atoms with Crippen LogP contribution >= 0.6 is 15.9 Å². The molecule has 0 N–H and O–H groups in total. The van der Waals surface area contributed by atoms with E-state index >= 15 is 0 Å². The van der Waals surface area contributed by atoms with E-state index in [-0.39, 0.29) is 0 Å². The van der Waals surface area contributed by atoms with Crippen LogP contribution in [0, 0.1) is 13.8 Å². The highest BCUT2D eigenvalue weighted by atomic mass is 79.9. The van der Waals surface area contributed by atoms with Gasteiger partial charge in [0.15, 0.2) is 0 Å². The van der Waals surface area contributed by atoms with Crippen molar-refractivity contribution in [1.82, 2.24) is 4.98 Å². The molecule has 0 atom stereocenters. The number of halogens is 1. The van der Waals surface area contributed by atoms with Gasteiger partial charge in [0.05, 0.1) is 0 Å². The molecule has 1 nitrogen and oxygen atoms in total. The Hall–Kier alpha value is -0.890. The Bertz CT molecular complexity index is 463. The first-order valence-corrected chi connectivity index (χ1v) is 4.99. The zero-order chi connectivity index (χ0) is 9.42. The quantitative estimate of drug-likeness (QED) is 0.636. The zero-order valence-electron chi connectivity index (χ0n) is 7.63. The lowest BCUT2D eigenvalue weighted by molar-refractivity contribution is 1.29. The normalized spacial score (nSPS) is 10.7. The summed E-state index contributed by atoms with van der Waals surface area (Å²) in [5, 5.41) is 2.43. The molecule has 0 aliphatic rings. The maximum absolute atomic E-state index is 4.19. The monoisotopic (exact) mass is 235 g/mol. The summed E-state index contributed by atoms with van der Waals surface area (Å²) in [7, 11) is 0. The van der Waals surface area contributed by atoms with Gasteiger partial charge in [0.25, 0.3) is 0 Å². The number of hydrogen-bond acceptors (Lipinski definition) is 1. The third kappa shape index (κ3) is 1.46. The lowest BCUT2D eigenvalue weighted by Gasteiger charge is -2.04. The Morgan fingerprint density at radius 3 is 2.62 bits per heavy atom.